The molecule has 96 valence electrons. The van der Waals surface area contributed by atoms with Crippen molar-refractivity contribution in [3.8, 4) is 11.8 Å². The molecule has 1 rings (SSSR count). The Bertz CT molecular complexity index is 663. The molecule has 0 aliphatic carbocycles. The predicted octanol–water partition coefficient (Wildman–Crippen LogP) is 0.972. The molecule has 2 N–H and O–H groups in total. The molecule has 0 radical (unpaired) electrons. The third-order valence-corrected chi connectivity index (χ3v) is 3.20. The highest BCUT2D eigenvalue weighted by Gasteiger charge is 2.23. The smallest absolute Gasteiger partial charge is 0.306 e. The first-order valence-electron chi connectivity index (χ1n) is 4.39. The molecule has 1 aromatic rings. The Labute approximate surface area is 106 Å². The first-order chi connectivity index (χ1) is 8.27. The molecule has 6 nitrogen and oxygen atoms in total. The lowest BCUT2D eigenvalue weighted by Crippen LogP contribution is -2.01. The summed E-state index contributed by atoms with van der Waals surface area (Å²) in [5.74, 6) is 3.39. The first-order valence-corrected chi connectivity index (χ1v) is 6.70. The van der Waals surface area contributed by atoms with Gasteiger partial charge >= 0.3 is 5.69 Å². The lowest BCUT2D eigenvalue weighted by Gasteiger charge is -2.01. The van der Waals surface area contributed by atoms with Gasteiger partial charge in [0.25, 0.3) is 9.05 Å². The number of halogens is 2. The van der Waals surface area contributed by atoms with Crippen LogP contribution >= 0.6 is 10.7 Å². The van der Waals surface area contributed by atoms with Gasteiger partial charge in [-0.05, 0) is 6.07 Å². The highest BCUT2D eigenvalue weighted by atomic mass is 35.7. The van der Waals surface area contributed by atoms with Gasteiger partial charge in [0, 0.05) is 22.3 Å². The fourth-order valence-corrected chi connectivity index (χ4v) is 2.14. The minimum Gasteiger partial charge on any atom is -0.320 e. The topological polar surface area (TPSA) is 103 Å². The standard InChI is InChI=1S/C9H6ClFN2O4S/c10-18(16,17)9-5-8(13(14)15)7(11)4-6(9)2-1-3-12/h4-5H,3,12H2. The van der Waals surface area contributed by atoms with Crippen LogP contribution < -0.4 is 5.73 Å². The lowest BCUT2D eigenvalue weighted by atomic mass is 10.2. The van der Waals surface area contributed by atoms with Crippen molar-refractivity contribution in [2.24, 2.45) is 5.73 Å². The number of hydrogen-bond donors (Lipinski definition) is 1. The molecule has 0 spiro atoms. The van der Waals surface area contributed by atoms with E-state index in [1.165, 1.54) is 0 Å². The normalized spacial score (nSPS) is 10.6. The van der Waals surface area contributed by atoms with Crippen LogP contribution in [0.2, 0.25) is 0 Å². The average molecular weight is 293 g/mol. The first kappa shape index (κ1) is 14.4. The number of nitro groups is 1. The average Bonchev–Trinajstić information content (AvgIpc) is 2.23. The summed E-state index contributed by atoms with van der Waals surface area (Å²) in [5.41, 5.74) is 3.82. The van der Waals surface area contributed by atoms with Crippen LogP contribution in [-0.4, -0.2) is 19.9 Å². The number of rotatable bonds is 2. The van der Waals surface area contributed by atoms with Gasteiger partial charge in [0.2, 0.25) is 5.82 Å². The molecule has 0 aliphatic rings. The monoisotopic (exact) mass is 292 g/mol. The Morgan fingerprint density at radius 1 is 1.50 bits per heavy atom. The second-order valence-electron chi connectivity index (χ2n) is 3.00. The molecule has 0 amide bonds. The maximum absolute atomic E-state index is 13.3. The zero-order valence-electron chi connectivity index (χ0n) is 8.68. The molecule has 0 atom stereocenters. The Kier molecular flexibility index (Phi) is 4.24. The van der Waals surface area contributed by atoms with Crippen molar-refractivity contribution >= 4 is 25.4 Å². The van der Waals surface area contributed by atoms with Crippen LogP contribution in [0.1, 0.15) is 5.56 Å². The van der Waals surface area contributed by atoms with Crippen LogP contribution in [0.3, 0.4) is 0 Å². The molecule has 0 bridgehead atoms. The van der Waals surface area contributed by atoms with Crippen molar-refractivity contribution in [1.82, 2.24) is 0 Å². The molecule has 0 heterocycles. The molecule has 0 aliphatic heterocycles. The lowest BCUT2D eigenvalue weighted by molar-refractivity contribution is -0.387. The Morgan fingerprint density at radius 3 is 2.56 bits per heavy atom. The van der Waals surface area contributed by atoms with Crippen LogP contribution in [0.4, 0.5) is 10.1 Å². The van der Waals surface area contributed by atoms with E-state index in [4.69, 9.17) is 16.4 Å². The van der Waals surface area contributed by atoms with E-state index in [9.17, 15) is 22.9 Å². The van der Waals surface area contributed by atoms with Gasteiger partial charge < -0.3 is 5.73 Å². The number of benzene rings is 1. The van der Waals surface area contributed by atoms with E-state index < -0.39 is 30.4 Å². The van der Waals surface area contributed by atoms with E-state index in [0.717, 1.165) is 0 Å². The number of nitrogens with two attached hydrogens (primary N) is 1. The van der Waals surface area contributed by atoms with E-state index in [0.29, 0.717) is 12.1 Å². The Morgan fingerprint density at radius 2 is 2.11 bits per heavy atom. The molecule has 1 aromatic carbocycles. The van der Waals surface area contributed by atoms with Crippen LogP contribution in [0, 0.1) is 27.8 Å². The van der Waals surface area contributed by atoms with Crippen molar-refractivity contribution in [2.75, 3.05) is 6.54 Å². The van der Waals surface area contributed by atoms with Crippen molar-refractivity contribution in [1.29, 1.82) is 0 Å². The molecule has 0 aromatic heterocycles. The minimum atomic E-state index is -4.28. The number of nitro benzene ring substituents is 1. The van der Waals surface area contributed by atoms with Gasteiger partial charge in [0.15, 0.2) is 0 Å². The van der Waals surface area contributed by atoms with Crippen LogP contribution in [-0.2, 0) is 9.05 Å². The summed E-state index contributed by atoms with van der Waals surface area (Å²) >= 11 is 0. The van der Waals surface area contributed by atoms with Gasteiger partial charge in [-0.3, -0.25) is 10.1 Å². The Balaban J connectivity index is 3.63. The fourth-order valence-electron chi connectivity index (χ4n) is 1.13. The second kappa shape index (κ2) is 5.30. The molecular weight excluding hydrogens is 287 g/mol. The zero-order valence-corrected chi connectivity index (χ0v) is 10.3. The van der Waals surface area contributed by atoms with E-state index in [1.807, 2.05) is 0 Å². The van der Waals surface area contributed by atoms with E-state index in [1.54, 1.807) is 0 Å². The largest absolute Gasteiger partial charge is 0.320 e. The van der Waals surface area contributed by atoms with Crippen LogP contribution in [0.15, 0.2) is 17.0 Å². The van der Waals surface area contributed by atoms with Gasteiger partial charge in [0.1, 0.15) is 4.90 Å². The van der Waals surface area contributed by atoms with E-state index >= 15 is 0 Å². The van der Waals surface area contributed by atoms with Crippen molar-refractivity contribution in [3.05, 3.63) is 33.6 Å². The number of hydrogen-bond acceptors (Lipinski definition) is 5. The summed E-state index contributed by atoms with van der Waals surface area (Å²) in [6.45, 7) is -0.0830. The van der Waals surface area contributed by atoms with Gasteiger partial charge in [-0.2, -0.15) is 4.39 Å². The Hall–Kier alpha value is -1.69. The predicted molar refractivity (Wildman–Crippen MR) is 62.0 cm³/mol. The van der Waals surface area contributed by atoms with Gasteiger partial charge in [-0.1, -0.05) is 11.8 Å². The number of nitrogens with zero attached hydrogens (tertiary/aromatic N) is 1. The zero-order chi connectivity index (χ0) is 13.9. The summed E-state index contributed by atoms with van der Waals surface area (Å²) in [6.07, 6.45) is 0. The SMILES string of the molecule is NCC#Cc1cc(F)c([N+](=O)[O-])cc1S(=O)(=O)Cl. The van der Waals surface area contributed by atoms with Crippen molar-refractivity contribution in [2.45, 2.75) is 4.90 Å². The molecular formula is C9H6ClFN2O4S. The summed E-state index contributed by atoms with van der Waals surface area (Å²) in [5, 5.41) is 10.5. The fraction of sp³-hybridized carbons (Fsp3) is 0.111. The quantitative estimate of drug-likeness (QED) is 0.378. The van der Waals surface area contributed by atoms with E-state index in [-0.39, 0.29) is 12.1 Å². The summed E-state index contributed by atoms with van der Waals surface area (Å²) in [6, 6.07) is 1.16. The molecule has 9 heteroatoms. The van der Waals surface area contributed by atoms with Crippen molar-refractivity contribution in [3.63, 3.8) is 0 Å². The highest BCUT2D eigenvalue weighted by molar-refractivity contribution is 8.13. The second-order valence-corrected chi connectivity index (χ2v) is 5.53. The maximum Gasteiger partial charge on any atom is 0.306 e. The summed E-state index contributed by atoms with van der Waals surface area (Å²) in [4.78, 5) is 8.82. The van der Waals surface area contributed by atoms with Gasteiger partial charge in [-0.15, -0.1) is 0 Å². The molecule has 0 fully saturated rings. The summed E-state index contributed by atoms with van der Waals surface area (Å²) in [7, 11) is 0.821. The third-order valence-electron chi connectivity index (χ3n) is 1.83. The molecule has 18 heavy (non-hydrogen) atoms. The highest BCUT2D eigenvalue weighted by Crippen LogP contribution is 2.27. The maximum atomic E-state index is 13.3. The van der Waals surface area contributed by atoms with Gasteiger partial charge in [-0.25, -0.2) is 8.42 Å². The van der Waals surface area contributed by atoms with Crippen LogP contribution in [0.5, 0.6) is 0 Å². The molecule has 0 unspecified atom stereocenters. The van der Waals surface area contributed by atoms with Crippen LogP contribution in [0.25, 0.3) is 0 Å². The van der Waals surface area contributed by atoms with E-state index in [2.05, 4.69) is 11.8 Å². The van der Waals surface area contributed by atoms with Gasteiger partial charge in [0.05, 0.1) is 11.5 Å². The minimum absolute atomic E-state index is 0.0830. The molecule has 0 saturated carbocycles. The molecule has 0 saturated heterocycles. The summed E-state index contributed by atoms with van der Waals surface area (Å²) < 4.78 is 35.8. The van der Waals surface area contributed by atoms with Crippen molar-refractivity contribution < 1.29 is 17.7 Å². The third kappa shape index (κ3) is 3.16.